The quantitative estimate of drug-likeness (QED) is 0.814. The number of benzene rings is 1. The van der Waals surface area contributed by atoms with Gasteiger partial charge >= 0.3 is 6.18 Å². The van der Waals surface area contributed by atoms with Crippen LogP contribution in [0.5, 0.6) is 0 Å². The highest BCUT2D eigenvalue weighted by atomic mass is 79.9. The summed E-state index contributed by atoms with van der Waals surface area (Å²) in [6.07, 6.45) is -4.46. The van der Waals surface area contributed by atoms with Crippen LogP contribution in [0.2, 0.25) is 0 Å². The largest absolute Gasteiger partial charge is 0.417 e. The molecule has 1 N–H and O–H groups in total. The van der Waals surface area contributed by atoms with Gasteiger partial charge in [0, 0.05) is 4.47 Å². The molecule has 1 nitrogen and oxygen atoms in total. The van der Waals surface area contributed by atoms with Crippen LogP contribution in [0.3, 0.4) is 0 Å². The Morgan fingerprint density at radius 3 is 2.31 bits per heavy atom. The standard InChI is InChI=1S/C8H5BrF3O/c9-6-3-1-2-5(4-13)7(6)8(10,11)12/h1-4,13H. The van der Waals surface area contributed by atoms with Crippen molar-refractivity contribution in [2.45, 2.75) is 6.18 Å². The molecule has 0 atom stereocenters. The second-order valence-electron chi connectivity index (χ2n) is 2.33. The second kappa shape index (κ2) is 3.67. The molecular formula is C8H5BrF3O. The summed E-state index contributed by atoms with van der Waals surface area (Å²) in [5, 5.41) is 8.56. The normalized spacial score (nSPS) is 11.8. The minimum Gasteiger partial charge on any atom is -0.385 e. The molecule has 0 bridgehead atoms. The van der Waals surface area contributed by atoms with Crippen LogP contribution in [-0.2, 0) is 6.18 Å². The third-order valence-electron chi connectivity index (χ3n) is 1.47. The Kier molecular flexibility index (Phi) is 2.98. The van der Waals surface area contributed by atoms with Crippen molar-refractivity contribution in [2.24, 2.45) is 0 Å². The highest BCUT2D eigenvalue weighted by Crippen LogP contribution is 2.37. The van der Waals surface area contributed by atoms with Gasteiger partial charge in [-0.25, -0.2) is 0 Å². The van der Waals surface area contributed by atoms with Crippen molar-refractivity contribution in [2.75, 3.05) is 0 Å². The van der Waals surface area contributed by atoms with E-state index in [1.807, 2.05) is 0 Å². The Balaban J connectivity index is 3.32. The van der Waals surface area contributed by atoms with Gasteiger partial charge in [0.1, 0.15) is 6.61 Å². The number of rotatable bonds is 1. The molecule has 0 aromatic heterocycles. The van der Waals surface area contributed by atoms with Crippen LogP contribution in [0.1, 0.15) is 11.1 Å². The molecule has 0 aliphatic heterocycles. The van der Waals surface area contributed by atoms with E-state index in [9.17, 15) is 13.2 Å². The summed E-state index contributed by atoms with van der Waals surface area (Å²) in [5.74, 6) is 0. The molecular weight excluding hydrogens is 249 g/mol. The summed E-state index contributed by atoms with van der Waals surface area (Å²) < 4.78 is 36.9. The van der Waals surface area contributed by atoms with E-state index in [2.05, 4.69) is 15.9 Å². The highest BCUT2D eigenvalue weighted by molar-refractivity contribution is 9.10. The zero-order chi connectivity index (χ0) is 10.1. The number of hydrogen-bond donors (Lipinski definition) is 1. The first-order chi connectivity index (χ1) is 5.96. The van der Waals surface area contributed by atoms with E-state index >= 15 is 0 Å². The van der Waals surface area contributed by atoms with Crippen molar-refractivity contribution >= 4 is 15.9 Å². The van der Waals surface area contributed by atoms with Gasteiger partial charge in [-0.1, -0.05) is 28.1 Å². The van der Waals surface area contributed by atoms with E-state index in [0.29, 0.717) is 6.61 Å². The van der Waals surface area contributed by atoms with E-state index in [1.54, 1.807) is 0 Å². The van der Waals surface area contributed by atoms with Gasteiger partial charge in [0.25, 0.3) is 0 Å². The van der Waals surface area contributed by atoms with Crippen molar-refractivity contribution in [1.82, 2.24) is 0 Å². The van der Waals surface area contributed by atoms with Crippen molar-refractivity contribution in [3.8, 4) is 0 Å². The van der Waals surface area contributed by atoms with E-state index in [-0.39, 0.29) is 10.0 Å². The fourth-order valence-electron chi connectivity index (χ4n) is 0.947. The smallest absolute Gasteiger partial charge is 0.385 e. The fourth-order valence-corrected chi connectivity index (χ4v) is 1.55. The summed E-state index contributed by atoms with van der Waals surface area (Å²) in [7, 11) is 0. The van der Waals surface area contributed by atoms with Gasteiger partial charge < -0.3 is 5.11 Å². The maximum Gasteiger partial charge on any atom is 0.417 e. The predicted molar refractivity (Wildman–Crippen MR) is 44.5 cm³/mol. The average molecular weight is 254 g/mol. The van der Waals surface area contributed by atoms with Crippen LogP contribution >= 0.6 is 15.9 Å². The van der Waals surface area contributed by atoms with E-state index in [1.165, 1.54) is 18.2 Å². The van der Waals surface area contributed by atoms with Crippen LogP contribution < -0.4 is 0 Å². The molecule has 1 aromatic rings. The van der Waals surface area contributed by atoms with Crippen molar-refractivity contribution in [1.29, 1.82) is 0 Å². The molecule has 0 aliphatic rings. The maximum absolute atomic E-state index is 12.3. The van der Waals surface area contributed by atoms with Crippen LogP contribution in [0.15, 0.2) is 22.7 Å². The van der Waals surface area contributed by atoms with Crippen LogP contribution in [0, 0.1) is 6.61 Å². The lowest BCUT2D eigenvalue weighted by Gasteiger charge is -2.12. The average Bonchev–Trinajstić information content (AvgIpc) is 2.01. The van der Waals surface area contributed by atoms with Gasteiger partial charge in [0.05, 0.1) is 5.56 Å². The van der Waals surface area contributed by atoms with Gasteiger partial charge in [0.2, 0.25) is 0 Å². The van der Waals surface area contributed by atoms with Crippen LogP contribution in [-0.4, -0.2) is 5.11 Å². The van der Waals surface area contributed by atoms with Gasteiger partial charge in [-0.2, -0.15) is 13.2 Å². The molecule has 0 aliphatic carbocycles. The summed E-state index contributed by atoms with van der Waals surface area (Å²) in [6, 6.07) is 3.88. The lowest BCUT2D eigenvalue weighted by atomic mass is 10.1. The molecule has 0 amide bonds. The number of halogens is 4. The molecule has 0 saturated carbocycles. The SMILES string of the molecule is O[CH]c1cccc(Br)c1C(F)(F)F. The Morgan fingerprint density at radius 2 is 1.92 bits per heavy atom. The van der Waals surface area contributed by atoms with Gasteiger partial charge in [-0.15, -0.1) is 0 Å². The first-order valence-corrected chi connectivity index (χ1v) is 4.09. The first-order valence-electron chi connectivity index (χ1n) is 3.30. The molecule has 13 heavy (non-hydrogen) atoms. The monoisotopic (exact) mass is 253 g/mol. The third-order valence-corrected chi connectivity index (χ3v) is 2.13. The predicted octanol–water partition coefficient (Wildman–Crippen LogP) is 3.35. The number of aliphatic hydroxyl groups excluding tert-OH is 1. The Hall–Kier alpha value is -0.550. The van der Waals surface area contributed by atoms with Crippen LogP contribution in [0.25, 0.3) is 0 Å². The second-order valence-corrected chi connectivity index (χ2v) is 3.19. The van der Waals surface area contributed by atoms with E-state index in [0.717, 1.165) is 0 Å². The summed E-state index contributed by atoms with van der Waals surface area (Å²) >= 11 is 2.77. The van der Waals surface area contributed by atoms with Crippen molar-refractivity contribution in [3.05, 3.63) is 40.4 Å². The topological polar surface area (TPSA) is 20.2 Å². The molecule has 1 radical (unpaired) electrons. The molecule has 5 heteroatoms. The summed E-state index contributed by atoms with van der Waals surface area (Å²) in [6.45, 7) is 0.438. The van der Waals surface area contributed by atoms with Crippen molar-refractivity contribution < 1.29 is 18.3 Å². The molecule has 0 fully saturated rings. The molecule has 0 spiro atoms. The number of hydrogen-bond acceptors (Lipinski definition) is 1. The lowest BCUT2D eigenvalue weighted by Crippen LogP contribution is -2.09. The number of alkyl halides is 3. The highest BCUT2D eigenvalue weighted by Gasteiger charge is 2.35. The molecule has 1 aromatic carbocycles. The minimum absolute atomic E-state index is 0.0807. The summed E-state index contributed by atoms with van der Waals surface area (Å²) in [4.78, 5) is 0. The molecule has 0 saturated heterocycles. The minimum atomic E-state index is -4.46. The molecule has 0 unspecified atom stereocenters. The molecule has 1 rings (SSSR count). The molecule has 71 valence electrons. The van der Waals surface area contributed by atoms with E-state index < -0.39 is 11.7 Å². The maximum atomic E-state index is 12.3. The van der Waals surface area contributed by atoms with Crippen molar-refractivity contribution in [3.63, 3.8) is 0 Å². The zero-order valence-electron chi connectivity index (χ0n) is 6.27. The van der Waals surface area contributed by atoms with Crippen LogP contribution in [0.4, 0.5) is 13.2 Å². The Bertz CT molecular complexity index is 309. The van der Waals surface area contributed by atoms with Gasteiger partial charge in [0.15, 0.2) is 0 Å². The number of aliphatic hydroxyl groups is 1. The Morgan fingerprint density at radius 1 is 1.31 bits per heavy atom. The van der Waals surface area contributed by atoms with E-state index in [4.69, 9.17) is 5.11 Å². The Labute approximate surface area is 81.3 Å². The zero-order valence-corrected chi connectivity index (χ0v) is 7.85. The fraction of sp³-hybridized carbons (Fsp3) is 0.125. The molecule has 0 heterocycles. The summed E-state index contributed by atoms with van der Waals surface area (Å²) in [5.41, 5.74) is -1.11. The third kappa shape index (κ3) is 2.22. The van der Waals surface area contributed by atoms with Gasteiger partial charge in [-0.3, -0.25) is 0 Å². The van der Waals surface area contributed by atoms with Gasteiger partial charge in [-0.05, 0) is 11.6 Å². The lowest BCUT2D eigenvalue weighted by molar-refractivity contribution is -0.138. The first kappa shape index (κ1) is 10.5.